The zero-order valence-corrected chi connectivity index (χ0v) is 12.7. The van der Waals surface area contributed by atoms with Crippen molar-refractivity contribution in [3.05, 3.63) is 35.5 Å². The molecule has 0 saturated heterocycles. The Hall–Kier alpha value is -2.08. The fourth-order valence-electron chi connectivity index (χ4n) is 1.91. The highest BCUT2D eigenvalue weighted by atomic mass is 16.5. The number of benzene rings is 1. The molecule has 1 heterocycles. The van der Waals surface area contributed by atoms with E-state index in [2.05, 4.69) is 22.4 Å². The van der Waals surface area contributed by atoms with E-state index in [1.54, 1.807) is 7.11 Å². The first-order chi connectivity index (χ1) is 10.3. The fraction of sp³-hybridized carbons (Fsp3) is 0.467. The van der Waals surface area contributed by atoms with Gasteiger partial charge in [-0.1, -0.05) is 31.1 Å². The quantitative estimate of drug-likeness (QED) is 0.805. The number of ether oxygens (including phenoxy) is 2. The van der Waals surface area contributed by atoms with Crippen LogP contribution in [0.4, 0.5) is 0 Å². The number of rotatable bonds is 8. The van der Waals surface area contributed by atoms with Gasteiger partial charge in [-0.25, -0.2) is 0 Å². The SMILES string of the molecule is CCNCc1cccc(OC)c1OCc1nc(CC)no1. The molecule has 0 aliphatic heterocycles. The summed E-state index contributed by atoms with van der Waals surface area (Å²) in [5.41, 5.74) is 1.03. The van der Waals surface area contributed by atoms with Gasteiger partial charge in [-0.05, 0) is 12.6 Å². The van der Waals surface area contributed by atoms with Crippen LogP contribution in [0.1, 0.15) is 31.1 Å². The molecule has 0 bridgehead atoms. The average Bonchev–Trinajstić information content (AvgIpc) is 2.99. The summed E-state index contributed by atoms with van der Waals surface area (Å²) in [6.07, 6.45) is 0.740. The van der Waals surface area contributed by atoms with Crippen molar-refractivity contribution in [2.24, 2.45) is 0 Å². The molecule has 0 saturated carbocycles. The number of methoxy groups -OCH3 is 1. The van der Waals surface area contributed by atoms with Gasteiger partial charge >= 0.3 is 0 Å². The van der Waals surface area contributed by atoms with Crippen LogP contribution in [-0.2, 0) is 19.6 Å². The fourth-order valence-corrected chi connectivity index (χ4v) is 1.91. The van der Waals surface area contributed by atoms with Crippen LogP contribution < -0.4 is 14.8 Å². The first kappa shape index (κ1) is 15.3. The molecule has 0 radical (unpaired) electrons. The summed E-state index contributed by atoms with van der Waals surface area (Å²) in [6.45, 7) is 5.87. The van der Waals surface area contributed by atoms with E-state index in [1.165, 1.54) is 0 Å². The normalized spacial score (nSPS) is 10.6. The first-order valence-electron chi connectivity index (χ1n) is 7.09. The Balaban J connectivity index is 2.12. The maximum absolute atomic E-state index is 5.84. The number of nitrogens with one attached hydrogen (secondary N) is 1. The Kier molecular flexibility index (Phi) is 5.57. The zero-order chi connectivity index (χ0) is 15.1. The van der Waals surface area contributed by atoms with Gasteiger partial charge in [0.15, 0.2) is 23.9 Å². The highest BCUT2D eigenvalue weighted by molar-refractivity contribution is 5.46. The molecule has 2 aromatic rings. The lowest BCUT2D eigenvalue weighted by Gasteiger charge is -2.14. The van der Waals surface area contributed by atoms with Gasteiger partial charge in [0.1, 0.15) is 0 Å². The monoisotopic (exact) mass is 291 g/mol. The molecule has 1 N–H and O–H groups in total. The van der Waals surface area contributed by atoms with E-state index in [9.17, 15) is 0 Å². The molecule has 0 atom stereocenters. The third-order valence-corrected chi connectivity index (χ3v) is 3.01. The molecule has 114 valence electrons. The Morgan fingerprint density at radius 3 is 2.81 bits per heavy atom. The molecule has 1 aromatic carbocycles. The second-order valence-corrected chi connectivity index (χ2v) is 4.48. The second-order valence-electron chi connectivity index (χ2n) is 4.48. The van der Waals surface area contributed by atoms with Gasteiger partial charge in [0.25, 0.3) is 5.89 Å². The molecule has 21 heavy (non-hydrogen) atoms. The smallest absolute Gasteiger partial charge is 0.264 e. The Labute approximate surface area is 124 Å². The minimum absolute atomic E-state index is 0.229. The zero-order valence-electron chi connectivity index (χ0n) is 12.7. The molecular formula is C15H21N3O3. The van der Waals surface area contributed by atoms with E-state index >= 15 is 0 Å². The third kappa shape index (κ3) is 3.95. The van der Waals surface area contributed by atoms with Crippen LogP contribution in [0, 0.1) is 0 Å². The van der Waals surface area contributed by atoms with Crippen LogP contribution >= 0.6 is 0 Å². The van der Waals surface area contributed by atoms with E-state index in [1.807, 2.05) is 25.1 Å². The van der Waals surface area contributed by atoms with Gasteiger partial charge < -0.3 is 19.3 Å². The van der Waals surface area contributed by atoms with Crippen LogP contribution in [0.5, 0.6) is 11.5 Å². The van der Waals surface area contributed by atoms with Crippen molar-refractivity contribution >= 4 is 0 Å². The molecular weight excluding hydrogens is 270 g/mol. The van der Waals surface area contributed by atoms with E-state index in [4.69, 9.17) is 14.0 Å². The highest BCUT2D eigenvalue weighted by Gasteiger charge is 2.12. The molecule has 0 spiro atoms. The average molecular weight is 291 g/mol. The van der Waals surface area contributed by atoms with Gasteiger partial charge in [-0.3, -0.25) is 0 Å². The van der Waals surface area contributed by atoms with Crippen molar-refractivity contribution in [2.45, 2.75) is 33.4 Å². The first-order valence-corrected chi connectivity index (χ1v) is 7.09. The van der Waals surface area contributed by atoms with E-state index in [0.29, 0.717) is 29.8 Å². The standard InChI is InChI=1S/C15H21N3O3/c1-4-13-17-14(21-18-13)10-20-15-11(9-16-5-2)7-6-8-12(15)19-3/h6-8,16H,4-5,9-10H2,1-3H3. The minimum Gasteiger partial charge on any atom is -0.493 e. The van der Waals surface area contributed by atoms with Crippen molar-refractivity contribution < 1.29 is 14.0 Å². The summed E-state index contributed by atoms with van der Waals surface area (Å²) in [7, 11) is 1.63. The Morgan fingerprint density at radius 1 is 1.29 bits per heavy atom. The molecule has 0 fully saturated rings. The second kappa shape index (κ2) is 7.64. The van der Waals surface area contributed by atoms with E-state index in [-0.39, 0.29) is 6.61 Å². The van der Waals surface area contributed by atoms with Gasteiger partial charge in [0.2, 0.25) is 0 Å². The van der Waals surface area contributed by atoms with Crippen LogP contribution in [0.15, 0.2) is 22.7 Å². The largest absolute Gasteiger partial charge is 0.493 e. The predicted molar refractivity (Wildman–Crippen MR) is 78.4 cm³/mol. The van der Waals surface area contributed by atoms with Crippen LogP contribution in [-0.4, -0.2) is 23.8 Å². The Morgan fingerprint density at radius 2 is 2.14 bits per heavy atom. The minimum atomic E-state index is 0.229. The van der Waals surface area contributed by atoms with Gasteiger partial charge in [0, 0.05) is 18.5 Å². The molecule has 2 rings (SSSR count). The van der Waals surface area contributed by atoms with Crippen molar-refractivity contribution in [1.82, 2.24) is 15.5 Å². The number of aromatic nitrogens is 2. The van der Waals surface area contributed by atoms with E-state index < -0.39 is 0 Å². The van der Waals surface area contributed by atoms with Crippen LogP contribution in [0.25, 0.3) is 0 Å². The lowest BCUT2D eigenvalue weighted by atomic mass is 10.2. The number of aryl methyl sites for hydroxylation is 1. The molecule has 6 nitrogen and oxygen atoms in total. The molecule has 0 unspecified atom stereocenters. The summed E-state index contributed by atoms with van der Waals surface area (Å²) in [4.78, 5) is 4.23. The van der Waals surface area contributed by atoms with Crippen molar-refractivity contribution in [1.29, 1.82) is 0 Å². The Bertz CT molecular complexity index is 569. The molecule has 0 amide bonds. The predicted octanol–water partition coefficient (Wildman–Crippen LogP) is 2.33. The molecule has 0 aliphatic rings. The van der Waals surface area contributed by atoms with Crippen molar-refractivity contribution in [2.75, 3.05) is 13.7 Å². The van der Waals surface area contributed by atoms with Crippen LogP contribution in [0.2, 0.25) is 0 Å². The van der Waals surface area contributed by atoms with Crippen molar-refractivity contribution in [3.8, 4) is 11.5 Å². The number of para-hydroxylation sites is 1. The lowest BCUT2D eigenvalue weighted by Crippen LogP contribution is -2.13. The van der Waals surface area contributed by atoms with Crippen molar-refractivity contribution in [3.63, 3.8) is 0 Å². The molecule has 1 aromatic heterocycles. The maximum atomic E-state index is 5.84. The topological polar surface area (TPSA) is 69.4 Å². The highest BCUT2D eigenvalue weighted by Crippen LogP contribution is 2.31. The molecule has 6 heteroatoms. The van der Waals surface area contributed by atoms with Gasteiger partial charge in [-0.15, -0.1) is 0 Å². The summed E-state index contributed by atoms with van der Waals surface area (Å²) in [5, 5.41) is 7.13. The summed E-state index contributed by atoms with van der Waals surface area (Å²) >= 11 is 0. The number of hydrogen-bond acceptors (Lipinski definition) is 6. The maximum Gasteiger partial charge on any atom is 0.264 e. The van der Waals surface area contributed by atoms with Gasteiger partial charge in [0.05, 0.1) is 7.11 Å². The summed E-state index contributed by atoms with van der Waals surface area (Å²) in [6, 6.07) is 5.82. The lowest BCUT2D eigenvalue weighted by molar-refractivity contribution is 0.231. The van der Waals surface area contributed by atoms with Crippen LogP contribution in [0.3, 0.4) is 0 Å². The summed E-state index contributed by atoms with van der Waals surface area (Å²) < 4.78 is 16.3. The number of nitrogens with zero attached hydrogens (tertiary/aromatic N) is 2. The molecule has 0 aliphatic carbocycles. The third-order valence-electron chi connectivity index (χ3n) is 3.01. The number of hydrogen-bond donors (Lipinski definition) is 1. The van der Waals surface area contributed by atoms with E-state index in [0.717, 1.165) is 18.5 Å². The van der Waals surface area contributed by atoms with Gasteiger partial charge in [-0.2, -0.15) is 4.98 Å². The summed E-state index contributed by atoms with van der Waals surface area (Å²) in [5.74, 6) is 2.55.